The quantitative estimate of drug-likeness (QED) is 0.905. The number of rotatable bonds is 2. The molecule has 0 bridgehead atoms. The second-order valence-corrected chi connectivity index (χ2v) is 5.76. The van der Waals surface area contributed by atoms with E-state index in [0.717, 1.165) is 25.1 Å². The number of nitrogens with zero attached hydrogens (tertiary/aromatic N) is 1. The highest BCUT2D eigenvalue weighted by Gasteiger charge is 2.28. The van der Waals surface area contributed by atoms with E-state index in [1.807, 2.05) is 12.1 Å². The fourth-order valence-electron chi connectivity index (χ4n) is 2.77. The number of hydrogen-bond acceptors (Lipinski definition) is 2. The minimum Gasteiger partial charge on any atom is -0.326 e. The summed E-state index contributed by atoms with van der Waals surface area (Å²) >= 11 is 3.26. The molecule has 2 rings (SSSR count). The first-order chi connectivity index (χ1) is 8.63. The van der Waals surface area contributed by atoms with Crippen LogP contribution in [0, 0.1) is 5.82 Å². The van der Waals surface area contributed by atoms with Crippen molar-refractivity contribution >= 4 is 15.9 Å². The summed E-state index contributed by atoms with van der Waals surface area (Å²) in [6.45, 7) is 4.21. The zero-order chi connectivity index (χ0) is 13.1. The summed E-state index contributed by atoms with van der Waals surface area (Å²) in [6.07, 6.45) is 3.41. The molecule has 0 saturated carbocycles. The summed E-state index contributed by atoms with van der Waals surface area (Å²) in [6, 6.07) is 5.58. The van der Waals surface area contributed by atoms with Crippen LogP contribution >= 0.6 is 15.9 Å². The van der Waals surface area contributed by atoms with Crippen molar-refractivity contribution < 1.29 is 4.39 Å². The molecule has 1 aliphatic rings. The molecule has 1 aliphatic heterocycles. The van der Waals surface area contributed by atoms with E-state index >= 15 is 0 Å². The molecule has 0 spiro atoms. The molecule has 1 heterocycles. The first kappa shape index (κ1) is 14.0. The lowest BCUT2D eigenvalue weighted by Crippen LogP contribution is -2.39. The van der Waals surface area contributed by atoms with Crippen molar-refractivity contribution in [2.75, 3.05) is 13.1 Å². The SMILES string of the molecule is CCN1CCCCC(N)C1c1ccc(F)c(Br)c1. The van der Waals surface area contributed by atoms with Gasteiger partial charge in [-0.1, -0.05) is 19.4 Å². The molecule has 1 saturated heterocycles. The van der Waals surface area contributed by atoms with Gasteiger partial charge in [0.15, 0.2) is 0 Å². The standard InChI is InChI=1S/C14H20BrFN2/c1-2-18-8-4-3-5-13(17)14(18)10-6-7-12(16)11(15)9-10/h6-7,9,13-14H,2-5,8,17H2,1H3. The van der Waals surface area contributed by atoms with E-state index in [1.54, 1.807) is 0 Å². The number of likely N-dealkylation sites (tertiary alicyclic amines) is 1. The third kappa shape index (κ3) is 2.92. The summed E-state index contributed by atoms with van der Waals surface area (Å²) in [5, 5.41) is 0. The highest BCUT2D eigenvalue weighted by molar-refractivity contribution is 9.10. The summed E-state index contributed by atoms with van der Waals surface area (Å²) in [7, 11) is 0. The van der Waals surface area contributed by atoms with Gasteiger partial charge in [0, 0.05) is 12.1 Å². The Morgan fingerprint density at radius 1 is 1.44 bits per heavy atom. The first-order valence-corrected chi connectivity index (χ1v) is 7.37. The average Bonchev–Trinajstić information content (AvgIpc) is 2.54. The number of likely N-dealkylation sites (N-methyl/N-ethyl adjacent to an activating group) is 1. The van der Waals surface area contributed by atoms with Gasteiger partial charge in [-0.2, -0.15) is 0 Å². The Labute approximate surface area is 116 Å². The molecule has 18 heavy (non-hydrogen) atoms. The fourth-order valence-corrected chi connectivity index (χ4v) is 3.17. The van der Waals surface area contributed by atoms with E-state index < -0.39 is 0 Å². The molecule has 1 aromatic rings. The largest absolute Gasteiger partial charge is 0.326 e. The molecule has 1 fully saturated rings. The number of benzene rings is 1. The molecule has 2 nitrogen and oxygen atoms in total. The van der Waals surface area contributed by atoms with Crippen molar-refractivity contribution in [1.82, 2.24) is 4.90 Å². The molecule has 0 aliphatic carbocycles. The second kappa shape index (κ2) is 6.13. The molecule has 2 atom stereocenters. The van der Waals surface area contributed by atoms with E-state index in [0.29, 0.717) is 4.47 Å². The van der Waals surface area contributed by atoms with Crippen molar-refractivity contribution in [2.45, 2.75) is 38.3 Å². The number of hydrogen-bond donors (Lipinski definition) is 1. The Kier molecular flexibility index (Phi) is 4.76. The van der Waals surface area contributed by atoms with E-state index in [-0.39, 0.29) is 17.9 Å². The Morgan fingerprint density at radius 2 is 2.22 bits per heavy atom. The normalized spacial score (nSPS) is 26.0. The van der Waals surface area contributed by atoms with Gasteiger partial charge in [0.2, 0.25) is 0 Å². The van der Waals surface area contributed by atoms with Crippen LogP contribution in [0.15, 0.2) is 22.7 Å². The van der Waals surface area contributed by atoms with Crippen LogP contribution in [0.3, 0.4) is 0 Å². The molecular formula is C14H20BrFN2. The van der Waals surface area contributed by atoms with Gasteiger partial charge in [0.05, 0.1) is 4.47 Å². The van der Waals surface area contributed by atoms with Crippen LogP contribution in [-0.2, 0) is 0 Å². The molecule has 100 valence electrons. The van der Waals surface area contributed by atoms with Crippen molar-refractivity contribution in [1.29, 1.82) is 0 Å². The van der Waals surface area contributed by atoms with Crippen molar-refractivity contribution in [3.63, 3.8) is 0 Å². The number of nitrogens with two attached hydrogens (primary N) is 1. The lowest BCUT2D eigenvalue weighted by Gasteiger charge is -2.33. The van der Waals surface area contributed by atoms with Gasteiger partial charge in [0.1, 0.15) is 5.82 Å². The maximum atomic E-state index is 13.3. The smallest absolute Gasteiger partial charge is 0.137 e. The maximum Gasteiger partial charge on any atom is 0.137 e. The summed E-state index contributed by atoms with van der Waals surface area (Å²) in [4.78, 5) is 2.40. The van der Waals surface area contributed by atoms with Crippen LogP contribution in [0.1, 0.15) is 37.8 Å². The van der Waals surface area contributed by atoms with Crippen LogP contribution in [-0.4, -0.2) is 24.0 Å². The van der Waals surface area contributed by atoms with E-state index in [4.69, 9.17) is 5.73 Å². The Hall–Kier alpha value is -0.450. The van der Waals surface area contributed by atoms with Crippen molar-refractivity contribution in [2.24, 2.45) is 5.73 Å². The molecule has 2 N–H and O–H groups in total. The van der Waals surface area contributed by atoms with Crippen LogP contribution in [0.5, 0.6) is 0 Å². The van der Waals surface area contributed by atoms with Gasteiger partial charge >= 0.3 is 0 Å². The topological polar surface area (TPSA) is 29.3 Å². The Morgan fingerprint density at radius 3 is 2.89 bits per heavy atom. The first-order valence-electron chi connectivity index (χ1n) is 6.58. The van der Waals surface area contributed by atoms with E-state index in [2.05, 4.69) is 27.8 Å². The average molecular weight is 315 g/mol. The third-order valence-corrected chi connectivity index (χ3v) is 4.33. The van der Waals surface area contributed by atoms with Gasteiger partial charge in [-0.3, -0.25) is 4.90 Å². The third-order valence-electron chi connectivity index (χ3n) is 3.72. The summed E-state index contributed by atoms with van der Waals surface area (Å²) in [5.74, 6) is -0.219. The van der Waals surface area contributed by atoms with E-state index in [9.17, 15) is 4.39 Å². The lowest BCUT2D eigenvalue weighted by molar-refractivity contribution is 0.195. The van der Waals surface area contributed by atoms with Gasteiger partial charge < -0.3 is 5.73 Å². The Balaban J connectivity index is 2.33. The van der Waals surface area contributed by atoms with Crippen LogP contribution in [0.25, 0.3) is 0 Å². The van der Waals surface area contributed by atoms with Crippen molar-refractivity contribution in [3.05, 3.63) is 34.1 Å². The monoisotopic (exact) mass is 314 g/mol. The van der Waals surface area contributed by atoms with Gasteiger partial charge in [-0.05, 0) is 59.6 Å². The molecule has 2 unspecified atom stereocenters. The van der Waals surface area contributed by atoms with Gasteiger partial charge in [-0.25, -0.2) is 4.39 Å². The predicted molar refractivity (Wildman–Crippen MR) is 75.9 cm³/mol. The number of halogens is 2. The zero-order valence-electron chi connectivity index (χ0n) is 10.7. The van der Waals surface area contributed by atoms with Crippen molar-refractivity contribution in [3.8, 4) is 0 Å². The van der Waals surface area contributed by atoms with Crippen LogP contribution < -0.4 is 5.73 Å². The molecule has 1 aromatic carbocycles. The maximum absolute atomic E-state index is 13.3. The Bertz CT molecular complexity index is 411. The summed E-state index contributed by atoms with van der Waals surface area (Å²) in [5.41, 5.74) is 7.43. The molecule has 0 aromatic heterocycles. The van der Waals surface area contributed by atoms with Crippen LogP contribution in [0.2, 0.25) is 0 Å². The highest BCUT2D eigenvalue weighted by Crippen LogP contribution is 2.31. The molecule has 0 radical (unpaired) electrons. The minimum atomic E-state index is -0.219. The van der Waals surface area contributed by atoms with E-state index in [1.165, 1.54) is 18.9 Å². The second-order valence-electron chi connectivity index (χ2n) is 4.91. The lowest BCUT2D eigenvalue weighted by atomic mass is 9.96. The van der Waals surface area contributed by atoms with Gasteiger partial charge in [0.25, 0.3) is 0 Å². The highest BCUT2D eigenvalue weighted by atomic mass is 79.9. The zero-order valence-corrected chi connectivity index (χ0v) is 12.3. The summed E-state index contributed by atoms with van der Waals surface area (Å²) < 4.78 is 13.9. The molecule has 4 heteroatoms. The molecular weight excluding hydrogens is 295 g/mol. The fraction of sp³-hybridized carbons (Fsp3) is 0.571. The molecule has 0 amide bonds. The predicted octanol–water partition coefficient (Wildman–Crippen LogP) is 3.46. The van der Waals surface area contributed by atoms with Crippen LogP contribution in [0.4, 0.5) is 4.39 Å². The van der Waals surface area contributed by atoms with Gasteiger partial charge in [-0.15, -0.1) is 0 Å². The minimum absolute atomic E-state index is 0.129.